The second-order valence-electron chi connectivity index (χ2n) is 6.81. The maximum Gasteiger partial charge on any atom is 0.0702 e. The third-order valence-corrected chi connectivity index (χ3v) is 5.13. The van der Waals surface area contributed by atoms with Crippen LogP contribution in [0.25, 0.3) is 10.9 Å². The van der Waals surface area contributed by atoms with Gasteiger partial charge in [0.2, 0.25) is 0 Å². The summed E-state index contributed by atoms with van der Waals surface area (Å²) < 4.78 is 0. The Bertz CT molecular complexity index is 674. The lowest BCUT2D eigenvalue weighted by molar-refractivity contribution is 0.0529. The SMILES string of the molecule is C[C@@H]1CN2C[C@H](O)C[C@H]2CN1Cc1ccc2ncccc2c1. The van der Waals surface area contributed by atoms with Gasteiger partial charge in [-0.2, -0.15) is 0 Å². The molecule has 116 valence electrons. The van der Waals surface area contributed by atoms with Crippen molar-refractivity contribution >= 4 is 10.9 Å². The first-order valence-corrected chi connectivity index (χ1v) is 8.19. The van der Waals surface area contributed by atoms with Gasteiger partial charge in [-0.05, 0) is 37.1 Å². The minimum atomic E-state index is -0.135. The zero-order chi connectivity index (χ0) is 15.1. The van der Waals surface area contributed by atoms with Crippen LogP contribution in [0.15, 0.2) is 36.5 Å². The van der Waals surface area contributed by atoms with Gasteiger partial charge < -0.3 is 5.11 Å². The summed E-state index contributed by atoms with van der Waals surface area (Å²) in [6, 6.07) is 11.7. The summed E-state index contributed by atoms with van der Waals surface area (Å²) in [6.07, 6.45) is 2.63. The molecule has 3 atom stereocenters. The monoisotopic (exact) mass is 297 g/mol. The summed E-state index contributed by atoms with van der Waals surface area (Å²) in [7, 11) is 0. The minimum Gasteiger partial charge on any atom is -0.392 e. The summed E-state index contributed by atoms with van der Waals surface area (Å²) in [6.45, 7) is 6.25. The fraction of sp³-hybridized carbons (Fsp3) is 0.500. The van der Waals surface area contributed by atoms with E-state index < -0.39 is 0 Å². The Kier molecular flexibility index (Phi) is 3.60. The van der Waals surface area contributed by atoms with Crippen LogP contribution in [0.5, 0.6) is 0 Å². The zero-order valence-corrected chi connectivity index (χ0v) is 13.0. The van der Waals surface area contributed by atoms with Crippen molar-refractivity contribution in [2.75, 3.05) is 19.6 Å². The maximum absolute atomic E-state index is 9.87. The van der Waals surface area contributed by atoms with E-state index in [0.29, 0.717) is 12.1 Å². The first kappa shape index (κ1) is 14.1. The number of hydrogen-bond donors (Lipinski definition) is 1. The highest BCUT2D eigenvalue weighted by Gasteiger charge is 2.37. The predicted octanol–water partition coefficient (Wildman–Crippen LogP) is 1.87. The van der Waals surface area contributed by atoms with Crippen molar-refractivity contribution < 1.29 is 5.11 Å². The standard InChI is InChI=1S/C18H23N3O/c1-13-9-21-12-17(22)8-16(21)11-20(13)10-14-4-5-18-15(7-14)3-2-6-19-18/h2-7,13,16-17,22H,8-12H2,1H3/t13-,16+,17-/m1/s1. The van der Waals surface area contributed by atoms with Crippen LogP contribution in [0.3, 0.4) is 0 Å². The van der Waals surface area contributed by atoms with Gasteiger partial charge in [0.05, 0.1) is 11.6 Å². The number of aliphatic hydroxyl groups excluding tert-OH is 1. The quantitative estimate of drug-likeness (QED) is 0.919. The van der Waals surface area contributed by atoms with Crippen molar-refractivity contribution in [2.24, 2.45) is 0 Å². The molecule has 0 aliphatic carbocycles. The predicted molar refractivity (Wildman–Crippen MR) is 87.6 cm³/mol. The first-order chi connectivity index (χ1) is 10.7. The lowest BCUT2D eigenvalue weighted by atomic mass is 10.1. The molecule has 0 radical (unpaired) electrons. The number of piperazine rings is 1. The van der Waals surface area contributed by atoms with Gasteiger partial charge in [-0.15, -0.1) is 0 Å². The summed E-state index contributed by atoms with van der Waals surface area (Å²) in [5.41, 5.74) is 2.40. The number of nitrogens with zero attached hydrogens (tertiary/aromatic N) is 3. The number of aliphatic hydroxyl groups is 1. The molecule has 1 aromatic carbocycles. The normalized spacial score (nSPS) is 29.8. The number of rotatable bonds is 2. The molecule has 2 aliphatic rings. The van der Waals surface area contributed by atoms with Crippen LogP contribution < -0.4 is 0 Å². The van der Waals surface area contributed by atoms with Gasteiger partial charge in [-0.25, -0.2) is 0 Å². The van der Waals surface area contributed by atoms with Gasteiger partial charge in [0.15, 0.2) is 0 Å². The first-order valence-electron chi connectivity index (χ1n) is 8.19. The van der Waals surface area contributed by atoms with Crippen molar-refractivity contribution in [3.8, 4) is 0 Å². The fourth-order valence-corrected chi connectivity index (χ4v) is 3.95. The summed E-state index contributed by atoms with van der Waals surface area (Å²) in [5, 5.41) is 11.1. The van der Waals surface area contributed by atoms with Crippen LogP contribution >= 0.6 is 0 Å². The van der Waals surface area contributed by atoms with Gasteiger partial charge >= 0.3 is 0 Å². The van der Waals surface area contributed by atoms with Crippen molar-refractivity contribution in [2.45, 2.75) is 38.1 Å². The van der Waals surface area contributed by atoms with E-state index in [1.54, 1.807) is 0 Å². The second kappa shape index (κ2) is 5.61. The smallest absolute Gasteiger partial charge is 0.0702 e. The van der Waals surface area contributed by atoms with E-state index in [1.165, 1.54) is 10.9 Å². The van der Waals surface area contributed by atoms with Crippen molar-refractivity contribution in [3.63, 3.8) is 0 Å². The van der Waals surface area contributed by atoms with E-state index in [-0.39, 0.29) is 6.10 Å². The zero-order valence-electron chi connectivity index (χ0n) is 13.0. The Morgan fingerprint density at radius 2 is 2.14 bits per heavy atom. The molecule has 22 heavy (non-hydrogen) atoms. The van der Waals surface area contributed by atoms with Crippen molar-refractivity contribution in [1.82, 2.24) is 14.8 Å². The maximum atomic E-state index is 9.87. The number of benzene rings is 1. The molecule has 2 fully saturated rings. The largest absolute Gasteiger partial charge is 0.392 e. The molecule has 4 nitrogen and oxygen atoms in total. The van der Waals surface area contributed by atoms with E-state index in [0.717, 1.165) is 38.1 Å². The Balaban J connectivity index is 1.51. The van der Waals surface area contributed by atoms with Gasteiger partial charge in [0.25, 0.3) is 0 Å². The van der Waals surface area contributed by atoms with Crippen LogP contribution in [0, 0.1) is 0 Å². The molecule has 0 spiro atoms. The third kappa shape index (κ3) is 2.62. The number of hydrogen-bond acceptors (Lipinski definition) is 4. The van der Waals surface area contributed by atoms with Gasteiger partial charge in [0.1, 0.15) is 0 Å². The van der Waals surface area contributed by atoms with Crippen LogP contribution in [0.4, 0.5) is 0 Å². The Labute approximate surface area is 131 Å². The minimum absolute atomic E-state index is 0.135. The van der Waals surface area contributed by atoms with E-state index in [1.807, 2.05) is 12.3 Å². The second-order valence-corrected chi connectivity index (χ2v) is 6.81. The van der Waals surface area contributed by atoms with Gasteiger partial charge in [-0.3, -0.25) is 14.8 Å². The molecular weight excluding hydrogens is 274 g/mol. The molecular formula is C18H23N3O. The van der Waals surface area contributed by atoms with E-state index >= 15 is 0 Å². The summed E-state index contributed by atoms with van der Waals surface area (Å²) >= 11 is 0. The molecule has 4 heteroatoms. The van der Waals surface area contributed by atoms with E-state index in [2.05, 4.69) is 46.0 Å². The summed E-state index contributed by atoms with van der Waals surface area (Å²) in [5.74, 6) is 0. The van der Waals surface area contributed by atoms with Gasteiger partial charge in [-0.1, -0.05) is 12.1 Å². The van der Waals surface area contributed by atoms with Gasteiger partial charge in [0, 0.05) is 49.8 Å². The Hall–Kier alpha value is -1.49. The molecule has 0 saturated carbocycles. The lowest BCUT2D eigenvalue weighted by Crippen LogP contribution is -2.54. The molecule has 1 aromatic heterocycles. The Morgan fingerprint density at radius 1 is 1.23 bits per heavy atom. The lowest BCUT2D eigenvalue weighted by Gasteiger charge is -2.42. The van der Waals surface area contributed by atoms with E-state index in [9.17, 15) is 5.11 Å². The molecule has 0 amide bonds. The highest BCUT2D eigenvalue weighted by molar-refractivity contribution is 5.78. The third-order valence-electron chi connectivity index (χ3n) is 5.13. The fourth-order valence-electron chi connectivity index (χ4n) is 3.95. The highest BCUT2D eigenvalue weighted by atomic mass is 16.3. The molecule has 2 aliphatic heterocycles. The van der Waals surface area contributed by atoms with Crippen molar-refractivity contribution in [3.05, 3.63) is 42.1 Å². The molecule has 0 bridgehead atoms. The summed E-state index contributed by atoms with van der Waals surface area (Å²) in [4.78, 5) is 9.39. The van der Waals surface area contributed by atoms with Crippen LogP contribution in [0.1, 0.15) is 18.9 Å². The number of fused-ring (bicyclic) bond motifs is 2. The van der Waals surface area contributed by atoms with Crippen LogP contribution in [-0.4, -0.2) is 57.7 Å². The number of pyridine rings is 1. The van der Waals surface area contributed by atoms with Crippen molar-refractivity contribution in [1.29, 1.82) is 0 Å². The average molecular weight is 297 g/mol. The average Bonchev–Trinajstić information content (AvgIpc) is 2.86. The van der Waals surface area contributed by atoms with Crippen LogP contribution in [0.2, 0.25) is 0 Å². The van der Waals surface area contributed by atoms with E-state index in [4.69, 9.17) is 0 Å². The molecule has 2 aromatic rings. The number of aromatic nitrogens is 1. The molecule has 2 saturated heterocycles. The molecule has 1 N–H and O–H groups in total. The molecule has 4 rings (SSSR count). The molecule has 0 unspecified atom stereocenters. The molecule has 3 heterocycles. The topological polar surface area (TPSA) is 39.6 Å². The highest BCUT2D eigenvalue weighted by Crippen LogP contribution is 2.26. The van der Waals surface area contributed by atoms with Crippen LogP contribution in [-0.2, 0) is 6.54 Å². The Morgan fingerprint density at radius 3 is 3.05 bits per heavy atom.